The first-order valence-corrected chi connectivity index (χ1v) is 12.2. The summed E-state index contributed by atoms with van der Waals surface area (Å²) < 4.78 is 6.16. The highest BCUT2D eigenvalue weighted by Crippen LogP contribution is 2.40. The van der Waals surface area contributed by atoms with Crippen LogP contribution in [0.5, 0.6) is 0 Å². The summed E-state index contributed by atoms with van der Waals surface area (Å²) in [5, 5.41) is 1.10. The lowest BCUT2D eigenvalue weighted by Crippen LogP contribution is -2.29. The molecule has 1 aliphatic rings. The lowest BCUT2D eigenvalue weighted by Gasteiger charge is -2.26. The molecule has 0 fully saturated rings. The first kappa shape index (κ1) is 23.4. The summed E-state index contributed by atoms with van der Waals surface area (Å²) in [6.45, 7) is 10.6. The van der Waals surface area contributed by atoms with Crippen molar-refractivity contribution in [2.45, 2.75) is 52.6 Å². The molecule has 1 atom stereocenters. The van der Waals surface area contributed by atoms with Gasteiger partial charge in [-0.05, 0) is 59.2 Å². The van der Waals surface area contributed by atoms with Gasteiger partial charge in [-0.15, -0.1) is 0 Å². The van der Waals surface area contributed by atoms with E-state index in [1.54, 1.807) is 4.90 Å². The highest BCUT2D eigenvalue weighted by Gasteiger charge is 2.43. The van der Waals surface area contributed by atoms with E-state index in [4.69, 9.17) is 16.0 Å². The van der Waals surface area contributed by atoms with E-state index in [1.165, 1.54) is 5.56 Å². The summed E-state index contributed by atoms with van der Waals surface area (Å²) in [6.07, 6.45) is 0. The predicted octanol–water partition coefficient (Wildman–Crippen LogP) is 7.11. The van der Waals surface area contributed by atoms with Crippen LogP contribution in [0.15, 0.2) is 69.9 Å². The fourth-order valence-electron chi connectivity index (χ4n) is 5.00. The maximum absolute atomic E-state index is 13.9. The maximum Gasteiger partial charge on any atom is 0.291 e. The average Bonchev–Trinajstić information content (AvgIpc) is 3.06. The molecule has 5 heteroatoms. The Morgan fingerprint density at radius 1 is 0.971 bits per heavy atom. The molecule has 5 rings (SSSR count). The van der Waals surface area contributed by atoms with Crippen molar-refractivity contribution in [1.29, 1.82) is 0 Å². The number of amides is 1. The third-order valence-corrected chi connectivity index (χ3v) is 7.17. The number of rotatable bonds is 3. The molecule has 178 valence electrons. The van der Waals surface area contributed by atoms with Gasteiger partial charge in [-0.25, -0.2) is 0 Å². The molecule has 4 aromatic rings. The summed E-state index contributed by atoms with van der Waals surface area (Å²) in [5.41, 5.74) is 5.36. The second-order valence-corrected chi connectivity index (χ2v) is 10.8. The van der Waals surface area contributed by atoms with Gasteiger partial charge in [-0.3, -0.25) is 9.59 Å². The second-order valence-electron chi connectivity index (χ2n) is 10.4. The highest BCUT2D eigenvalue weighted by molar-refractivity contribution is 6.31. The number of hydrogen-bond acceptors (Lipinski definition) is 3. The van der Waals surface area contributed by atoms with Crippen LogP contribution in [0.3, 0.4) is 0 Å². The van der Waals surface area contributed by atoms with Crippen LogP contribution in [0, 0.1) is 13.8 Å². The molecule has 3 aromatic carbocycles. The third-order valence-electron chi connectivity index (χ3n) is 6.80. The second kappa shape index (κ2) is 8.39. The van der Waals surface area contributed by atoms with Crippen molar-refractivity contribution in [2.24, 2.45) is 0 Å². The van der Waals surface area contributed by atoms with E-state index in [1.807, 2.05) is 62.4 Å². The zero-order valence-corrected chi connectivity index (χ0v) is 21.4. The van der Waals surface area contributed by atoms with E-state index < -0.39 is 6.04 Å². The number of benzene rings is 3. The fraction of sp³-hybridized carbons (Fsp3) is 0.267. The number of carbonyl (C=O) groups excluding carboxylic acids is 1. The minimum Gasteiger partial charge on any atom is -0.450 e. The zero-order chi connectivity index (χ0) is 25.1. The SMILES string of the molecule is Cc1cc(C)c2c(=O)c3c(oc2c1)C(=O)N(Cc1ccccc1Cl)C3c1ccc(C(C)(C)C)cc1. The van der Waals surface area contributed by atoms with Crippen LogP contribution < -0.4 is 5.43 Å². The van der Waals surface area contributed by atoms with Gasteiger partial charge in [0.15, 0.2) is 5.43 Å². The van der Waals surface area contributed by atoms with Crippen molar-refractivity contribution in [1.82, 2.24) is 4.90 Å². The molecule has 1 aliphatic heterocycles. The van der Waals surface area contributed by atoms with Crippen LogP contribution in [-0.2, 0) is 12.0 Å². The topological polar surface area (TPSA) is 50.5 Å². The molecule has 1 aromatic heterocycles. The molecule has 1 amide bonds. The summed E-state index contributed by atoms with van der Waals surface area (Å²) >= 11 is 6.46. The number of nitrogens with zero attached hydrogens (tertiary/aromatic N) is 1. The number of carbonyl (C=O) groups is 1. The largest absolute Gasteiger partial charge is 0.450 e. The molecule has 0 bridgehead atoms. The van der Waals surface area contributed by atoms with E-state index in [2.05, 4.69) is 32.9 Å². The Labute approximate surface area is 210 Å². The summed E-state index contributed by atoms with van der Waals surface area (Å²) in [6, 6.07) is 18.9. The summed E-state index contributed by atoms with van der Waals surface area (Å²) in [4.78, 5) is 29.3. The summed E-state index contributed by atoms with van der Waals surface area (Å²) in [7, 11) is 0. The van der Waals surface area contributed by atoms with Crippen molar-refractivity contribution in [3.63, 3.8) is 0 Å². The predicted molar refractivity (Wildman–Crippen MR) is 140 cm³/mol. The van der Waals surface area contributed by atoms with Crippen LogP contribution in [0.4, 0.5) is 0 Å². The minimum absolute atomic E-state index is 0.0105. The van der Waals surface area contributed by atoms with Gasteiger partial charge in [-0.1, -0.05) is 80.9 Å². The monoisotopic (exact) mass is 485 g/mol. The number of aryl methyl sites for hydroxylation is 2. The first-order valence-electron chi connectivity index (χ1n) is 11.8. The number of halogens is 1. The molecular formula is C30H28ClNO3. The van der Waals surface area contributed by atoms with Crippen molar-refractivity contribution < 1.29 is 9.21 Å². The third kappa shape index (κ3) is 3.96. The quantitative estimate of drug-likeness (QED) is 0.311. The van der Waals surface area contributed by atoms with Crippen LogP contribution in [0.2, 0.25) is 5.02 Å². The van der Waals surface area contributed by atoms with Crippen LogP contribution in [0.1, 0.15) is 70.7 Å². The molecule has 0 saturated carbocycles. The Kier molecular flexibility index (Phi) is 5.60. The highest BCUT2D eigenvalue weighted by atomic mass is 35.5. The smallest absolute Gasteiger partial charge is 0.291 e. The molecule has 4 nitrogen and oxygen atoms in total. The van der Waals surface area contributed by atoms with E-state index in [0.717, 1.165) is 22.3 Å². The molecule has 35 heavy (non-hydrogen) atoms. The minimum atomic E-state index is -0.566. The van der Waals surface area contributed by atoms with Gasteiger partial charge in [0.25, 0.3) is 5.91 Å². The number of fused-ring (bicyclic) bond motifs is 2. The van der Waals surface area contributed by atoms with Gasteiger partial charge < -0.3 is 9.32 Å². The van der Waals surface area contributed by atoms with Gasteiger partial charge in [0.05, 0.1) is 17.0 Å². The van der Waals surface area contributed by atoms with Crippen LogP contribution in [-0.4, -0.2) is 10.8 Å². The van der Waals surface area contributed by atoms with Crippen molar-refractivity contribution in [2.75, 3.05) is 0 Å². The maximum atomic E-state index is 13.9. The van der Waals surface area contributed by atoms with Crippen LogP contribution >= 0.6 is 11.6 Å². The lowest BCUT2D eigenvalue weighted by atomic mass is 9.85. The fourth-order valence-corrected chi connectivity index (χ4v) is 5.19. The molecule has 0 radical (unpaired) electrons. The van der Waals surface area contributed by atoms with Gasteiger partial charge >= 0.3 is 0 Å². The van der Waals surface area contributed by atoms with E-state index >= 15 is 0 Å². The van der Waals surface area contributed by atoms with E-state index in [-0.39, 0.29) is 29.1 Å². The molecule has 2 heterocycles. The number of hydrogen-bond donors (Lipinski definition) is 0. The Morgan fingerprint density at radius 3 is 2.31 bits per heavy atom. The Balaban J connectivity index is 1.74. The normalized spacial score (nSPS) is 15.7. The zero-order valence-electron chi connectivity index (χ0n) is 20.6. The Hall–Kier alpha value is -3.37. The van der Waals surface area contributed by atoms with Crippen molar-refractivity contribution in [3.05, 3.63) is 115 Å². The Bertz CT molecular complexity index is 1530. The van der Waals surface area contributed by atoms with E-state index in [0.29, 0.717) is 21.6 Å². The van der Waals surface area contributed by atoms with Crippen molar-refractivity contribution in [3.8, 4) is 0 Å². The van der Waals surface area contributed by atoms with Gasteiger partial charge in [-0.2, -0.15) is 0 Å². The molecule has 1 unspecified atom stereocenters. The molecule has 0 spiro atoms. The van der Waals surface area contributed by atoms with Crippen LogP contribution in [0.25, 0.3) is 11.0 Å². The average molecular weight is 486 g/mol. The molecular weight excluding hydrogens is 458 g/mol. The molecule has 0 saturated heterocycles. The molecule has 0 aliphatic carbocycles. The first-order chi connectivity index (χ1) is 16.6. The van der Waals surface area contributed by atoms with Crippen molar-refractivity contribution >= 4 is 28.5 Å². The van der Waals surface area contributed by atoms with Gasteiger partial charge in [0.2, 0.25) is 5.76 Å². The lowest BCUT2D eigenvalue weighted by molar-refractivity contribution is 0.0714. The van der Waals surface area contributed by atoms with E-state index in [9.17, 15) is 9.59 Å². The molecule has 0 N–H and O–H groups in total. The standard InChI is InChI=1S/C30H28ClNO3/c1-17-14-18(2)24-23(15-17)35-28-25(27(24)33)26(19-10-12-21(13-11-19)30(3,4)5)32(29(28)34)16-20-8-6-7-9-22(20)31/h6-15,26H,16H2,1-5H3. The Morgan fingerprint density at radius 2 is 1.66 bits per heavy atom. The summed E-state index contributed by atoms with van der Waals surface area (Å²) in [5.74, 6) is -0.188. The van der Waals surface area contributed by atoms with Gasteiger partial charge in [0, 0.05) is 11.6 Å². The van der Waals surface area contributed by atoms with Gasteiger partial charge in [0.1, 0.15) is 5.58 Å².